The van der Waals surface area contributed by atoms with Gasteiger partial charge in [0.15, 0.2) is 5.82 Å². The zero-order valence-electron chi connectivity index (χ0n) is 27.5. The van der Waals surface area contributed by atoms with Gasteiger partial charge in [0.1, 0.15) is 0 Å². The van der Waals surface area contributed by atoms with Crippen LogP contribution >= 0.6 is 0 Å². The first-order chi connectivity index (χ1) is 24.7. The van der Waals surface area contributed by atoms with Crippen LogP contribution in [0.15, 0.2) is 176 Å². The summed E-state index contributed by atoms with van der Waals surface area (Å²) in [5.74, 6) is 0.693. The van der Waals surface area contributed by atoms with Gasteiger partial charge in [-0.1, -0.05) is 158 Å². The Kier molecular flexibility index (Phi) is 7.33. The molecule has 0 N–H and O–H groups in total. The van der Waals surface area contributed by atoms with Gasteiger partial charge in [-0.15, -0.1) is 0 Å². The van der Waals surface area contributed by atoms with Crippen molar-refractivity contribution in [1.29, 1.82) is 0 Å². The van der Waals surface area contributed by atoms with E-state index in [-0.39, 0.29) is 0 Å². The Morgan fingerprint density at radius 3 is 1.68 bits per heavy atom. The summed E-state index contributed by atoms with van der Waals surface area (Å²) < 4.78 is 2.12. The summed E-state index contributed by atoms with van der Waals surface area (Å²) in [4.78, 5) is 10.2. The van der Waals surface area contributed by atoms with E-state index in [0.717, 1.165) is 61.7 Å². The van der Waals surface area contributed by atoms with Crippen molar-refractivity contribution in [2.24, 2.45) is 0 Å². The van der Waals surface area contributed by atoms with Crippen molar-refractivity contribution in [3.63, 3.8) is 0 Å². The van der Waals surface area contributed by atoms with Gasteiger partial charge in [-0.2, -0.15) is 5.10 Å². The van der Waals surface area contributed by atoms with Gasteiger partial charge < -0.3 is 0 Å². The molecular weight excluding hydrogens is 609 g/mol. The molecule has 9 rings (SSSR count). The van der Waals surface area contributed by atoms with Gasteiger partial charge in [-0.3, -0.25) is 0 Å². The lowest BCUT2D eigenvalue weighted by Crippen LogP contribution is -1.96. The van der Waals surface area contributed by atoms with Crippen LogP contribution < -0.4 is 0 Å². The van der Waals surface area contributed by atoms with E-state index in [0.29, 0.717) is 5.82 Å². The molecule has 0 aliphatic rings. The van der Waals surface area contributed by atoms with E-state index >= 15 is 0 Å². The highest BCUT2D eigenvalue weighted by Gasteiger charge is 2.18. The molecule has 4 nitrogen and oxygen atoms in total. The van der Waals surface area contributed by atoms with Gasteiger partial charge in [-0.25, -0.2) is 14.5 Å². The minimum Gasteiger partial charge on any atom is -0.232 e. The van der Waals surface area contributed by atoms with Gasteiger partial charge in [-0.05, 0) is 41.6 Å². The molecule has 0 bridgehead atoms. The molecule has 0 spiro atoms. The third-order valence-corrected chi connectivity index (χ3v) is 9.41. The molecule has 0 unspecified atom stereocenters. The van der Waals surface area contributed by atoms with Crippen LogP contribution in [0.25, 0.3) is 83.8 Å². The maximum atomic E-state index is 5.29. The molecule has 0 saturated heterocycles. The molecule has 0 fully saturated rings. The van der Waals surface area contributed by atoms with Crippen molar-refractivity contribution in [2.45, 2.75) is 6.92 Å². The summed E-state index contributed by atoms with van der Waals surface area (Å²) in [5.41, 5.74) is 13.6. The zero-order valence-corrected chi connectivity index (χ0v) is 27.5. The maximum Gasteiger partial charge on any atom is 0.160 e. The number of nitrogens with zero attached hydrogens (tertiary/aromatic N) is 4. The van der Waals surface area contributed by atoms with Crippen molar-refractivity contribution in [3.05, 3.63) is 181 Å². The average Bonchev–Trinajstić information content (AvgIpc) is 3.55. The highest BCUT2D eigenvalue weighted by molar-refractivity contribution is 6.01. The number of fused-ring (bicyclic) bond motifs is 3. The van der Waals surface area contributed by atoms with E-state index in [2.05, 4.69) is 163 Å². The van der Waals surface area contributed by atoms with Crippen LogP contribution in [0.1, 0.15) is 5.56 Å². The van der Waals surface area contributed by atoms with E-state index < -0.39 is 0 Å². The Morgan fingerprint density at radius 1 is 0.420 bits per heavy atom. The van der Waals surface area contributed by atoms with E-state index in [9.17, 15) is 0 Å². The van der Waals surface area contributed by atoms with Gasteiger partial charge in [0.2, 0.25) is 0 Å². The fourth-order valence-corrected chi connectivity index (χ4v) is 6.87. The normalized spacial score (nSPS) is 11.3. The lowest BCUT2D eigenvalue weighted by atomic mass is 9.99. The van der Waals surface area contributed by atoms with Gasteiger partial charge in [0.25, 0.3) is 0 Å². The van der Waals surface area contributed by atoms with Crippen LogP contribution in [0.4, 0.5) is 0 Å². The van der Waals surface area contributed by atoms with Crippen LogP contribution in [0.3, 0.4) is 0 Å². The molecule has 50 heavy (non-hydrogen) atoms. The first-order valence-corrected chi connectivity index (χ1v) is 16.9. The van der Waals surface area contributed by atoms with Gasteiger partial charge in [0.05, 0.1) is 28.3 Å². The second-order valence-electron chi connectivity index (χ2n) is 12.6. The molecule has 3 aromatic heterocycles. The van der Waals surface area contributed by atoms with Crippen LogP contribution in [0, 0.1) is 6.92 Å². The van der Waals surface area contributed by atoms with Crippen LogP contribution in [-0.4, -0.2) is 19.6 Å². The fourth-order valence-electron chi connectivity index (χ4n) is 6.87. The smallest absolute Gasteiger partial charge is 0.160 e. The number of pyridine rings is 1. The fraction of sp³-hybridized carbons (Fsp3) is 0.0217. The van der Waals surface area contributed by atoms with Crippen molar-refractivity contribution in [3.8, 4) is 67.5 Å². The molecule has 0 aliphatic heterocycles. The number of hydrogen-bond donors (Lipinski definition) is 0. The molecule has 3 heterocycles. The zero-order chi connectivity index (χ0) is 33.4. The molecule has 9 aromatic rings. The van der Waals surface area contributed by atoms with Crippen LogP contribution in [0.5, 0.6) is 0 Å². The van der Waals surface area contributed by atoms with E-state index in [1.807, 2.05) is 24.3 Å². The first kappa shape index (κ1) is 29.5. The minimum absolute atomic E-state index is 0.693. The average molecular weight is 641 g/mol. The number of aryl methyl sites for hydroxylation is 1. The Hall–Kier alpha value is -6.65. The van der Waals surface area contributed by atoms with E-state index in [1.165, 1.54) is 21.9 Å². The molecule has 0 amide bonds. The number of aromatic nitrogens is 4. The van der Waals surface area contributed by atoms with Gasteiger partial charge >= 0.3 is 0 Å². The Morgan fingerprint density at radius 2 is 0.960 bits per heavy atom. The predicted molar refractivity (Wildman–Crippen MR) is 206 cm³/mol. The summed E-state index contributed by atoms with van der Waals surface area (Å²) in [6, 6.07) is 61.2. The number of hydrogen-bond acceptors (Lipinski definition) is 3. The highest BCUT2D eigenvalue weighted by Crippen LogP contribution is 2.36. The summed E-state index contributed by atoms with van der Waals surface area (Å²) in [6.07, 6.45) is 0. The second kappa shape index (κ2) is 12.4. The highest BCUT2D eigenvalue weighted by atomic mass is 15.2. The van der Waals surface area contributed by atoms with Gasteiger partial charge in [0, 0.05) is 38.8 Å². The Bertz CT molecular complexity index is 2630. The van der Waals surface area contributed by atoms with E-state index in [1.54, 1.807) is 0 Å². The number of rotatable bonds is 6. The number of benzene rings is 6. The van der Waals surface area contributed by atoms with Crippen molar-refractivity contribution < 1.29 is 0 Å². The molecule has 6 aromatic carbocycles. The molecule has 4 heteroatoms. The minimum atomic E-state index is 0.693. The summed E-state index contributed by atoms with van der Waals surface area (Å²) in [7, 11) is 0. The molecular formula is C46H32N4. The van der Waals surface area contributed by atoms with Crippen molar-refractivity contribution in [2.75, 3.05) is 0 Å². The maximum absolute atomic E-state index is 5.29. The predicted octanol–water partition coefficient (Wildman–Crippen LogP) is 11.6. The Labute approximate surface area is 291 Å². The van der Waals surface area contributed by atoms with Crippen molar-refractivity contribution >= 4 is 16.3 Å². The quantitative estimate of drug-likeness (QED) is 0.182. The monoisotopic (exact) mass is 640 g/mol. The van der Waals surface area contributed by atoms with Crippen LogP contribution in [-0.2, 0) is 0 Å². The molecule has 0 aliphatic carbocycles. The third-order valence-electron chi connectivity index (χ3n) is 9.41. The standard InChI is InChI=1S/C46H32N4/c1-31-44(49-50-43(35-16-7-3-8-17-35)29-37-20-11-12-23-40(37)45(31)50)39-22-13-21-38(28-39)42-30-41(47-46(48-42)36-18-9-4-10-19-36)34-26-24-33(25-27-34)32-14-5-2-6-15-32/h2-30H,1H3. The lowest BCUT2D eigenvalue weighted by molar-refractivity contribution is 0.979. The van der Waals surface area contributed by atoms with E-state index in [4.69, 9.17) is 15.1 Å². The molecule has 0 saturated carbocycles. The SMILES string of the molecule is Cc1c(-c2cccc(-c3cc(-c4ccc(-c5ccccc5)cc4)nc(-c4ccccc4)n3)c2)nn2c(-c3ccccc3)cc3ccccc3c12. The largest absolute Gasteiger partial charge is 0.232 e. The van der Waals surface area contributed by atoms with Crippen LogP contribution in [0.2, 0.25) is 0 Å². The molecule has 0 atom stereocenters. The van der Waals surface area contributed by atoms with Crippen molar-refractivity contribution in [1.82, 2.24) is 19.6 Å². The summed E-state index contributed by atoms with van der Waals surface area (Å²) >= 11 is 0. The summed E-state index contributed by atoms with van der Waals surface area (Å²) in [5, 5.41) is 7.67. The summed E-state index contributed by atoms with van der Waals surface area (Å²) in [6.45, 7) is 2.18. The Balaban J connectivity index is 1.18. The second-order valence-corrected chi connectivity index (χ2v) is 12.6. The topological polar surface area (TPSA) is 43.1 Å². The third kappa shape index (κ3) is 5.33. The lowest BCUT2D eigenvalue weighted by Gasteiger charge is -2.11. The first-order valence-electron chi connectivity index (χ1n) is 16.9. The molecule has 236 valence electrons. The molecule has 0 radical (unpaired) electrons.